The minimum Gasteiger partial charge on any atom is -0.311 e. The number of hydrogen-bond acceptors (Lipinski definition) is 2. The molecule has 0 spiro atoms. The highest BCUT2D eigenvalue weighted by Gasteiger charge is 1.91. The van der Waals surface area contributed by atoms with Gasteiger partial charge in [-0.15, -0.1) is 0 Å². The maximum absolute atomic E-state index is 4.23. The molecule has 0 saturated heterocycles. The second kappa shape index (κ2) is 6.61. The molecule has 0 aliphatic carbocycles. The van der Waals surface area contributed by atoms with Gasteiger partial charge in [0.15, 0.2) is 0 Å². The Bertz CT molecular complexity index is 209. The largest absolute Gasteiger partial charge is 0.311 e. The third kappa shape index (κ3) is 4.63. The summed E-state index contributed by atoms with van der Waals surface area (Å²) >= 11 is 0. The van der Waals surface area contributed by atoms with Gasteiger partial charge in [-0.2, -0.15) is 0 Å². The summed E-state index contributed by atoms with van der Waals surface area (Å²) < 4.78 is 0. The van der Waals surface area contributed by atoms with E-state index in [9.17, 15) is 0 Å². The normalized spacial score (nSPS) is 10.2. The molecular formula is C11H18N2. The van der Waals surface area contributed by atoms with Crippen molar-refractivity contribution in [2.45, 2.75) is 32.7 Å². The zero-order chi connectivity index (χ0) is 9.36. The number of aromatic nitrogens is 1. The summed E-state index contributed by atoms with van der Waals surface area (Å²) in [6.07, 6.45) is 5.70. The lowest BCUT2D eigenvalue weighted by molar-refractivity contribution is 0.611. The first-order valence-corrected chi connectivity index (χ1v) is 5.04. The molecule has 1 heterocycles. The van der Waals surface area contributed by atoms with Crippen LogP contribution < -0.4 is 5.32 Å². The highest BCUT2D eigenvalue weighted by molar-refractivity contribution is 5.02. The number of hydrogen-bond donors (Lipinski definition) is 1. The third-order valence-corrected chi connectivity index (χ3v) is 1.99. The van der Waals surface area contributed by atoms with Crippen LogP contribution in [0.15, 0.2) is 24.4 Å². The van der Waals surface area contributed by atoms with E-state index in [0.717, 1.165) is 18.8 Å². The highest BCUT2D eigenvalue weighted by Crippen LogP contribution is 1.94. The Kier molecular flexibility index (Phi) is 5.18. The van der Waals surface area contributed by atoms with Crippen LogP contribution >= 0.6 is 0 Å². The summed E-state index contributed by atoms with van der Waals surface area (Å²) in [5.74, 6) is 0. The lowest BCUT2D eigenvalue weighted by Crippen LogP contribution is -2.15. The van der Waals surface area contributed by atoms with Crippen molar-refractivity contribution < 1.29 is 0 Å². The molecule has 0 bridgehead atoms. The number of rotatable bonds is 6. The van der Waals surface area contributed by atoms with Crippen molar-refractivity contribution in [3.8, 4) is 0 Å². The summed E-state index contributed by atoms with van der Waals surface area (Å²) in [5, 5.41) is 3.37. The number of nitrogens with one attached hydrogen (secondary N) is 1. The molecule has 1 aromatic heterocycles. The van der Waals surface area contributed by atoms with E-state index in [2.05, 4.69) is 17.2 Å². The fourth-order valence-electron chi connectivity index (χ4n) is 1.22. The Hall–Kier alpha value is -0.890. The molecule has 0 atom stereocenters. The lowest BCUT2D eigenvalue weighted by atomic mass is 10.2. The Morgan fingerprint density at radius 3 is 2.92 bits per heavy atom. The van der Waals surface area contributed by atoms with Gasteiger partial charge in [-0.1, -0.05) is 25.8 Å². The van der Waals surface area contributed by atoms with Gasteiger partial charge in [0.25, 0.3) is 0 Å². The van der Waals surface area contributed by atoms with Gasteiger partial charge < -0.3 is 5.32 Å². The quantitative estimate of drug-likeness (QED) is 0.676. The van der Waals surface area contributed by atoms with Crippen molar-refractivity contribution in [2.24, 2.45) is 0 Å². The Balaban J connectivity index is 2.07. The predicted octanol–water partition coefficient (Wildman–Crippen LogP) is 2.36. The fraction of sp³-hybridized carbons (Fsp3) is 0.545. The van der Waals surface area contributed by atoms with E-state index in [1.54, 1.807) is 0 Å². The molecule has 0 aromatic carbocycles. The third-order valence-electron chi connectivity index (χ3n) is 1.99. The zero-order valence-electron chi connectivity index (χ0n) is 8.29. The van der Waals surface area contributed by atoms with Crippen molar-refractivity contribution in [2.75, 3.05) is 6.54 Å². The molecule has 2 nitrogen and oxygen atoms in total. The van der Waals surface area contributed by atoms with Crippen molar-refractivity contribution >= 4 is 0 Å². The average Bonchev–Trinajstić information content (AvgIpc) is 2.19. The van der Waals surface area contributed by atoms with Gasteiger partial charge in [0.2, 0.25) is 0 Å². The molecule has 0 aliphatic rings. The first-order valence-electron chi connectivity index (χ1n) is 5.04. The van der Waals surface area contributed by atoms with Gasteiger partial charge in [0.1, 0.15) is 0 Å². The summed E-state index contributed by atoms with van der Waals surface area (Å²) in [4.78, 5) is 4.23. The van der Waals surface area contributed by atoms with Crippen LogP contribution in [0.5, 0.6) is 0 Å². The van der Waals surface area contributed by atoms with Crippen molar-refractivity contribution in [3.05, 3.63) is 30.1 Å². The van der Waals surface area contributed by atoms with E-state index in [0.29, 0.717) is 0 Å². The molecular weight excluding hydrogens is 160 g/mol. The molecule has 0 radical (unpaired) electrons. The number of pyridine rings is 1. The van der Waals surface area contributed by atoms with Gasteiger partial charge >= 0.3 is 0 Å². The second-order valence-electron chi connectivity index (χ2n) is 3.20. The monoisotopic (exact) mass is 178 g/mol. The molecule has 0 fully saturated rings. The van der Waals surface area contributed by atoms with E-state index >= 15 is 0 Å². The Morgan fingerprint density at radius 1 is 1.31 bits per heavy atom. The highest BCUT2D eigenvalue weighted by atomic mass is 14.9. The van der Waals surface area contributed by atoms with Crippen LogP contribution in [-0.2, 0) is 6.54 Å². The summed E-state index contributed by atoms with van der Waals surface area (Å²) in [5.41, 5.74) is 1.12. The molecule has 13 heavy (non-hydrogen) atoms. The summed E-state index contributed by atoms with van der Waals surface area (Å²) in [6.45, 7) is 4.22. The van der Waals surface area contributed by atoms with Gasteiger partial charge in [0.05, 0.1) is 5.69 Å². The van der Waals surface area contributed by atoms with Crippen LogP contribution in [0.1, 0.15) is 31.9 Å². The molecule has 0 unspecified atom stereocenters. The molecule has 72 valence electrons. The van der Waals surface area contributed by atoms with E-state index in [1.807, 2.05) is 24.4 Å². The topological polar surface area (TPSA) is 24.9 Å². The average molecular weight is 178 g/mol. The van der Waals surface area contributed by atoms with Crippen molar-refractivity contribution in [1.29, 1.82) is 0 Å². The number of unbranched alkanes of at least 4 members (excludes halogenated alkanes) is 2. The van der Waals surface area contributed by atoms with E-state index in [1.165, 1.54) is 19.3 Å². The van der Waals surface area contributed by atoms with Crippen LogP contribution in [0.25, 0.3) is 0 Å². The van der Waals surface area contributed by atoms with Gasteiger partial charge in [-0.25, -0.2) is 0 Å². The van der Waals surface area contributed by atoms with E-state index in [-0.39, 0.29) is 0 Å². The van der Waals surface area contributed by atoms with Crippen molar-refractivity contribution in [3.63, 3.8) is 0 Å². The standard InChI is InChI=1S/C11H18N2/c1-2-3-5-8-12-10-11-7-4-6-9-13-11/h4,6-7,9,12H,2-3,5,8,10H2,1H3. The fourth-order valence-corrected chi connectivity index (χ4v) is 1.22. The summed E-state index contributed by atoms with van der Waals surface area (Å²) in [6, 6.07) is 6.02. The first-order chi connectivity index (χ1) is 6.43. The smallest absolute Gasteiger partial charge is 0.0541 e. The van der Waals surface area contributed by atoms with Crippen LogP contribution in [0.2, 0.25) is 0 Å². The predicted molar refractivity (Wildman–Crippen MR) is 55.5 cm³/mol. The second-order valence-corrected chi connectivity index (χ2v) is 3.20. The number of nitrogens with zero attached hydrogens (tertiary/aromatic N) is 1. The zero-order valence-corrected chi connectivity index (χ0v) is 8.29. The molecule has 1 aromatic rings. The molecule has 2 heteroatoms. The minimum absolute atomic E-state index is 0.893. The maximum Gasteiger partial charge on any atom is 0.0541 e. The molecule has 0 aliphatic heterocycles. The van der Waals surface area contributed by atoms with Gasteiger partial charge in [0, 0.05) is 12.7 Å². The first kappa shape index (κ1) is 10.2. The molecule has 0 saturated carbocycles. The van der Waals surface area contributed by atoms with E-state index in [4.69, 9.17) is 0 Å². The summed E-state index contributed by atoms with van der Waals surface area (Å²) in [7, 11) is 0. The van der Waals surface area contributed by atoms with Crippen LogP contribution in [0.4, 0.5) is 0 Å². The maximum atomic E-state index is 4.23. The SMILES string of the molecule is CCCCCNCc1ccccn1. The lowest BCUT2D eigenvalue weighted by Gasteiger charge is -2.02. The Morgan fingerprint density at radius 2 is 2.23 bits per heavy atom. The van der Waals surface area contributed by atoms with Crippen LogP contribution in [0, 0.1) is 0 Å². The molecule has 0 amide bonds. The van der Waals surface area contributed by atoms with Gasteiger partial charge in [-0.3, -0.25) is 4.98 Å². The minimum atomic E-state index is 0.893. The molecule has 1 N–H and O–H groups in total. The van der Waals surface area contributed by atoms with Gasteiger partial charge in [-0.05, 0) is 25.1 Å². The Labute approximate surface area is 80.4 Å². The van der Waals surface area contributed by atoms with Crippen molar-refractivity contribution in [1.82, 2.24) is 10.3 Å². The molecule has 1 rings (SSSR count). The van der Waals surface area contributed by atoms with E-state index < -0.39 is 0 Å². The van der Waals surface area contributed by atoms with Crippen LogP contribution in [0.3, 0.4) is 0 Å². The van der Waals surface area contributed by atoms with Crippen LogP contribution in [-0.4, -0.2) is 11.5 Å².